The minimum absolute atomic E-state index is 0.0157. The lowest BCUT2D eigenvalue weighted by Crippen LogP contribution is -2.29. The van der Waals surface area contributed by atoms with Gasteiger partial charge in [-0.05, 0) is 36.3 Å². The summed E-state index contributed by atoms with van der Waals surface area (Å²) in [6.07, 6.45) is 2.08. The Kier molecular flexibility index (Phi) is 6.88. The molecule has 4 nitrogen and oxygen atoms in total. The molecule has 0 radical (unpaired) electrons. The summed E-state index contributed by atoms with van der Waals surface area (Å²) >= 11 is 7.75. The first-order valence-electron chi connectivity index (χ1n) is 8.44. The Morgan fingerprint density at radius 3 is 2.57 bits per heavy atom. The highest BCUT2D eigenvalue weighted by Crippen LogP contribution is 2.37. The predicted molar refractivity (Wildman–Crippen MR) is 114 cm³/mol. The highest BCUT2D eigenvalue weighted by Gasteiger charge is 2.31. The van der Waals surface area contributed by atoms with Crippen molar-refractivity contribution in [3.05, 3.63) is 64.8 Å². The number of hydrogen-bond acceptors (Lipinski definition) is 5. The van der Waals surface area contributed by atoms with E-state index in [1.165, 1.54) is 34.5 Å². The standard InChI is InChI=1S/C20H16FNO3S3/c21-14-7-2-4-9-16(14)27-15-8-3-1-6-13(15)12-17-19(25)22(20(26)28-17)11-5-10-18(23)24/h1-4,6-9,12H,5,10-11H2,(H,23,24)/b17-12-. The Balaban J connectivity index is 1.80. The van der Waals surface area contributed by atoms with Gasteiger partial charge in [0.15, 0.2) is 0 Å². The second kappa shape index (κ2) is 9.36. The number of nitrogens with zero attached hydrogens (tertiary/aromatic N) is 1. The van der Waals surface area contributed by atoms with Crippen LogP contribution in [0.25, 0.3) is 6.08 Å². The van der Waals surface area contributed by atoms with Crippen LogP contribution < -0.4 is 0 Å². The van der Waals surface area contributed by atoms with Crippen LogP contribution in [0.1, 0.15) is 18.4 Å². The van der Waals surface area contributed by atoms with Crippen LogP contribution in [0.15, 0.2) is 63.2 Å². The van der Waals surface area contributed by atoms with Crippen LogP contribution in [0.2, 0.25) is 0 Å². The first kappa shape index (κ1) is 20.6. The summed E-state index contributed by atoms with van der Waals surface area (Å²) in [5.41, 5.74) is 0.793. The van der Waals surface area contributed by atoms with Crippen molar-refractivity contribution in [2.24, 2.45) is 0 Å². The average molecular weight is 434 g/mol. The van der Waals surface area contributed by atoms with E-state index in [1.54, 1.807) is 24.3 Å². The molecule has 8 heteroatoms. The molecular formula is C20H16FNO3S3. The topological polar surface area (TPSA) is 57.6 Å². The van der Waals surface area contributed by atoms with Gasteiger partial charge in [-0.25, -0.2) is 4.39 Å². The molecule has 0 unspecified atom stereocenters. The molecule has 144 valence electrons. The second-order valence-corrected chi connectivity index (χ2v) is 8.66. The lowest BCUT2D eigenvalue weighted by molar-refractivity contribution is -0.137. The second-order valence-electron chi connectivity index (χ2n) is 5.90. The Bertz CT molecular complexity index is 961. The Morgan fingerprint density at radius 1 is 1.18 bits per heavy atom. The fourth-order valence-electron chi connectivity index (χ4n) is 2.56. The molecule has 0 bridgehead atoms. The van der Waals surface area contributed by atoms with Gasteiger partial charge >= 0.3 is 5.97 Å². The van der Waals surface area contributed by atoms with Gasteiger partial charge in [-0.3, -0.25) is 14.5 Å². The largest absolute Gasteiger partial charge is 0.481 e. The first-order chi connectivity index (χ1) is 13.5. The third-order valence-electron chi connectivity index (χ3n) is 3.91. The van der Waals surface area contributed by atoms with E-state index in [0.717, 1.165) is 10.5 Å². The van der Waals surface area contributed by atoms with E-state index in [1.807, 2.05) is 24.3 Å². The molecule has 1 N–H and O–H groups in total. The number of carbonyl (C=O) groups is 2. The molecule has 1 saturated heterocycles. The van der Waals surface area contributed by atoms with Gasteiger partial charge in [-0.2, -0.15) is 0 Å². The first-order valence-corrected chi connectivity index (χ1v) is 10.5. The van der Waals surface area contributed by atoms with Crippen molar-refractivity contribution < 1.29 is 19.1 Å². The normalized spacial score (nSPS) is 15.5. The predicted octanol–water partition coefficient (Wildman–Crippen LogP) is 5.04. The van der Waals surface area contributed by atoms with Gasteiger partial charge in [0.1, 0.15) is 10.1 Å². The third kappa shape index (κ3) is 5.01. The van der Waals surface area contributed by atoms with Crippen LogP contribution in [0, 0.1) is 5.82 Å². The number of thiocarbonyl (C=S) groups is 1. The number of hydrogen-bond donors (Lipinski definition) is 1. The van der Waals surface area contributed by atoms with Crippen molar-refractivity contribution >= 4 is 58.0 Å². The van der Waals surface area contributed by atoms with Crippen molar-refractivity contribution in [3.63, 3.8) is 0 Å². The molecule has 0 aromatic heterocycles. The zero-order valence-corrected chi connectivity index (χ0v) is 17.1. The number of benzene rings is 2. The lowest BCUT2D eigenvalue weighted by atomic mass is 10.2. The van der Waals surface area contributed by atoms with Crippen molar-refractivity contribution in [2.45, 2.75) is 22.6 Å². The monoisotopic (exact) mass is 433 g/mol. The zero-order valence-electron chi connectivity index (χ0n) is 14.6. The summed E-state index contributed by atoms with van der Waals surface area (Å²) in [4.78, 5) is 26.6. The SMILES string of the molecule is O=C(O)CCCN1C(=O)/C(=C/c2ccccc2Sc2ccccc2F)SC1=S. The van der Waals surface area contributed by atoms with E-state index in [9.17, 15) is 14.0 Å². The third-order valence-corrected chi connectivity index (χ3v) is 6.43. The Hall–Kier alpha value is -2.16. The molecule has 1 heterocycles. The van der Waals surface area contributed by atoms with E-state index in [4.69, 9.17) is 17.3 Å². The molecule has 0 spiro atoms. The Labute approximate surface area is 175 Å². The Morgan fingerprint density at radius 2 is 1.86 bits per heavy atom. The van der Waals surface area contributed by atoms with Gasteiger partial charge < -0.3 is 5.11 Å². The molecule has 3 rings (SSSR count). The van der Waals surface area contributed by atoms with E-state index in [0.29, 0.717) is 20.5 Å². The summed E-state index contributed by atoms with van der Waals surface area (Å²) in [5.74, 6) is -1.43. The molecule has 0 aliphatic carbocycles. The lowest BCUT2D eigenvalue weighted by Gasteiger charge is -2.13. The molecule has 2 aromatic rings. The quantitative estimate of drug-likeness (QED) is 0.488. The van der Waals surface area contributed by atoms with Crippen molar-refractivity contribution in [3.8, 4) is 0 Å². The molecule has 1 amide bonds. The van der Waals surface area contributed by atoms with E-state index in [2.05, 4.69) is 0 Å². The van der Waals surface area contributed by atoms with Gasteiger partial charge in [0.05, 0.1) is 4.91 Å². The van der Waals surface area contributed by atoms with Gasteiger partial charge in [-0.1, -0.05) is 66.1 Å². The summed E-state index contributed by atoms with van der Waals surface area (Å²) in [6, 6.07) is 14.0. The van der Waals surface area contributed by atoms with E-state index in [-0.39, 0.29) is 24.7 Å². The number of thioether (sulfide) groups is 1. The van der Waals surface area contributed by atoms with Gasteiger partial charge in [0.25, 0.3) is 5.91 Å². The van der Waals surface area contributed by atoms with Crippen molar-refractivity contribution in [1.29, 1.82) is 0 Å². The van der Waals surface area contributed by atoms with E-state index < -0.39 is 5.97 Å². The fourth-order valence-corrected chi connectivity index (χ4v) is 4.80. The number of aliphatic carboxylic acids is 1. The van der Waals surface area contributed by atoms with Crippen LogP contribution in [0.3, 0.4) is 0 Å². The van der Waals surface area contributed by atoms with Crippen LogP contribution in [-0.4, -0.2) is 32.7 Å². The number of carbonyl (C=O) groups excluding carboxylic acids is 1. The summed E-state index contributed by atoms with van der Waals surface area (Å²) in [6.45, 7) is 0.278. The van der Waals surface area contributed by atoms with Crippen molar-refractivity contribution in [1.82, 2.24) is 4.90 Å². The smallest absolute Gasteiger partial charge is 0.303 e. The minimum atomic E-state index is -0.903. The van der Waals surface area contributed by atoms with Crippen molar-refractivity contribution in [2.75, 3.05) is 6.54 Å². The molecule has 1 fully saturated rings. The summed E-state index contributed by atoms with van der Waals surface area (Å²) in [5, 5.41) is 8.76. The highest BCUT2D eigenvalue weighted by molar-refractivity contribution is 8.26. The fraction of sp³-hybridized carbons (Fsp3) is 0.150. The maximum Gasteiger partial charge on any atom is 0.303 e. The van der Waals surface area contributed by atoms with E-state index >= 15 is 0 Å². The number of carboxylic acid groups (broad SMARTS) is 1. The summed E-state index contributed by atoms with van der Waals surface area (Å²) < 4.78 is 14.4. The molecule has 1 aliphatic rings. The van der Waals surface area contributed by atoms with Gasteiger partial charge in [0.2, 0.25) is 0 Å². The minimum Gasteiger partial charge on any atom is -0.481 e. The van der Waals surface area contributed by atoms with Crippen LogP contribution >= 0.6 is 35.7 Å². The number of rotatable bonds is 7. The molecule has 1 aliphatic heterocycles. The van der Waals surface area contributed by atoms with Gasteiger partial charge in [-0.15, -0.1) is 0 Å². The molecule has 2 aromatic carbocycles. The molecule has 28 heavy (non-hydrogen) atoms. The molecule has 0 saturated carbocycles. The number of carboxylic acids is 1. The summed E-state index contributed by atoms with van der Waals surface area (Å²) in [7, 11) is 0. The maximum absolute atomic E-state index is 14.0. The maximum atomic E-state index is 14.0. The molecule has 0 atom stereocenters. The van der Waals surface area contributed by atoms with Gasteiger partial charge in [0, 0.05) is 22.8 Å². The number of halogens is 1. The zero-order chi connectivity index (χ0) is 20.1. The van der Waals surface area contributed by atoms with Crippen LogP contribution in [-0.2, 0) is 9.59 Å². The van der Waals surface area contributed by atoms with Crippen LogP contribution in [0.5, 0.6) is 0 Å². The highest BCUT2D eigenvalue weighted by atomic mass is 32.2. The van der Waals surface area contributed by atoms with Crippen LogP contribution in [0.4, 0.5) is 4.39 Å². The number of amides is 1. The molecular weight excluding hydrogens is 417 g/mol. The average Bonchev–Trinajstić information content (AvgIpc) is 2.92.